The van der Waals surface area contributed by atoms with Gasteiger partial charge in [-0.05, 0) is 43.0 Å². The Bertz CT molecular complexity index is 373. The van der Waals surface area contributed by atoms with E-state index in [1.165, 1.54) is 17.7 Å². The zero-order chi connectivity index (χ0) is 14.3. The van der Waals surface area contributed by atoms with E-state index in [0.29, 0.717) is 11.5 Å². The Kier molecular flexibility index (Phi) is 7.48. The van der Waals surface area contributed by atoms with Gasteiger partial charge in [0.05, 0.1) is 0 Å². The summed E-state index contributed by atoms with van der Waals surface area (Å²) in [6, 6.07) is 9.16. The van der Waals surface area contributed by atoms with Crippen molar-refractivity contribution in [1.29, 1.82) is 0 Å². The second-order valence-corrected chi connectivity index (χ2v) is 8.13. The normalized spacial score (nSPS) is 13.5. The van der Waals surface area contributed by atoms with Crippen molar-refractivity contribution in [3.63, 3.8) is 0 Å². The van der Waals surface area contributed by atoms with Gasteiger partial charge in [0, 0.05) is 21.2 Å². The lowest BCUT2D eigenvalue weighted by molar-refractivity contribution is 0.340. The van der Waals surface area contributed by atoms with Gasteiger partial charge in [-0.2, -0.15) is 0 Å². The topological polar surface area (TPSA) is 12.0 Å². The van der Waals surface area contributed by atoms with Crippen molar-refractivity contribution in [3.05, 3.63) is 28.7 Å². The van der Waals surface area contributed by atoms with Gasteiger partial charge in [-0.25, -0.2) is 0 Å². The first-order chi connectivity index (χ1) is 8.90. The van der Waals surface area contributed by atoms with Crippen LogP contribution in [0.3, 0.4) is 0 Å². The van der Waals surface area contributed by atoms with E-state index in [-0.39, 0.29) is 0 Å². The molecule has 0 aliphatic rings. The van der Waals surface area contributed by atoms with E-state index in [1.54, 1.807) is 0 Å². The molecule has 108 valence electrons. The zero-order valence-corrected chi connectivity index (χ0v) is 14.9. The minimum atomic E-state index is 0.425. The van der Waals surface area contributed by atoms with Gasteiger partial charge < -0.3 is 5.32 Å². The maximum atomic E-state index is 3.61. The molecule has 1 unspecified atom stereocenters. The highest BCUT2D eigenvalue weighted by molar-refractivity contribution is 9.10. The van der Waals surface area contributed by atoms with E-state index in [4.69, 9.17) is 0 Å². The van der Waals surface area contributed by atoms with Crippen molar-refractivity contribution in [2.45, 2.75) is 51.5 Å². The highest BCUT2D eigenvalue weighted by Gasteiger charge is 2.15. The molecule has 1 aromatic rings. The molecule has 0 aliphatic heterocycles. The highest BCUT2D eigenvalue weighted by atomic mass is 79.9. The predicted octanol–water partition coefficient (Wildman–Crippen LogP) is 5.35. The van der Waals surface area contributed by atoms with Crippen LogP contribution in [0.5, 0.6) is 0 Å². The van der Waals surface area contributed by atoms with Crippen LogP contribution in [0.2, 0.25) is 0 Å². The summed E-state index contributed by atoms with van der Waals surface area (Å²) in [5, 5.41) is 3.61. The van der Waals surface area contributed by atoms with Crippen molar-refractivity contribution >= 4 is 27.7 Å². The quantitative estimate of drug-likeness (QED) is 0.670. The van der Waals surface area contributed by atoms with E-state index in [1.807, 2.05) is 11.8 Å². The number of thioether (sulfide) groups is 1. The van der Waals surface area contributed by atoms with Gasteiger partial charge in [0.2, 0.25) is 0 Å². The van der Waals surface area contributed by atoms with E-state index < -0.39 is 0 Å². The summed E-state index contributed by atoms with van der Waals surface area (Å²) in [5.41, 5.74) is 0.425. The highest BCUT2D eigenvalue weighted by Crippen LogP contribution is 2.26. The number of halogens is 1. The molecule has 19 heavy (non-hydrogen) atoms. The molecule has 0 fully saturated rings. The molecule has 0 aliphatic carbocycles. The van der Waals surface area contributed by atoms with E-state index in [9.17, 15) is 0 Å². The van der Waals surface area contributed by atoms with Gasteiger partial charge in [0.15, 0.2) is 0 Å². The largest absolute Gasteiger partial charge is 0.313 e. The van der Waals surface area contributed by atoms with Gasteiger partial charge >= 0.3 is 0 Å². The SMILES string of the molecule is CCNC(CCC(C)(C)C)CSc1cccc(Br)c1. The molecule has 0 saturated heterocycles. The fraction of sp³-hybridized carbons (Fsp3) is 0.625. The fourth-order valence-corrected chi connectivity index (χ4v) is 3.51. The minimum absolute atomic E-state index is 0.425. The molecule has 0 saturated carbocycles. The molecule has 0 radical (unpaired) electrons. The molecule has 0 heterocycles. The molecule has 0 aromatic heterocycles. The molecule has 0 bridgehead atoms. The average Bonchev–Trinajstić information content (AvgIpc) is 2.32. The summed E-state index contributed by atoms with van der Waals surface area (Å²) in [6.07, 6.45) is 2.52. The summed E-state index contributed by atoms with van der Waals surface area (Å²) in [6.45, 7) is 10.2. The predicted molar refractivity (Wildman–Crippen MR) is 91.0 cm³/mol. The van der Waals surface area contributed by atoms with Crippen molar-refractivity contribution in [3.8, 4) is 0 Å². The Morgan fingerprint density at radius 2 is 2.05 bits per heavy atom. The molecule has 3 heteroatoms. The Hall–Kier alpha value is 0.01000. The summed E-state index contributed by atoms with van der Waals surface area (Å²) < 4.78 is 1.16. The van der Waals surface area contributed by atoms with E-state index in [2.05, 4.69) is 73.2 Å². The smallest absolute Gasteiger partial charge is 0.0186 e. The van der Waals surface area contributed by atoms with Crippen molar-refractivity contribution in [2.24, 2.45) is 5.41 Å². The van der Waals surface area contributed by atoms with Crippen LogP contribution in [0, 0.1) is 5.41 Å². The van der Waals surface area contributed by atoms with Crippen LogP contribution < -0.4 is 5.32 Å². The van der Waals surface area contributed by atoms with Crippen LogP contribution in [-0.2, 0) is 0 Å². The average molecular weight is 344 g/mol. The van der Waals surface area contributed by atoms with Crippen LogP contribution in [0.4, 0.5) is 0 Å². The summed E-state index contributed by atoms with van der Waals surface area (Å²) in [7, 11) is 0. The third-order valence-corrected chi connectivity index (χ3v) is 4.63. The first kappa shape index (κ1) is 17.1. The summed E-state index contributed by atoms with van der Waals surface area (Å²) in [4.78, 5) is 1.34. The minimum Gasteiger partial charge on any atom is -0.313 e. The summed E-state index contributed by atoms with van der Waals surface area (Å²) in [5.74, 6) is 1.14. The third kappa shape index (κ3) is 8.01. The molecule has 1 nitrogen and oxygen atoms in total. The van der Waals surface area contributed by atoms with Crippen molar-refractivity contribution in [2.75, 3.05) is 12.3 Å². The molecule has 1 atom stereocenters. The Morgan fingerprint density at radius 3 is 2.63 bits per heavy atom. The second-order valence-electron chi connectivity index (χ2n) is 6.12. The maximum absolute atomic E-state index is 3.61. The number of hydrogen-bond acceptors (Lipinski definition) is 2. The Balaban J connectivity index is 2.45. The zero-order valence-electron chi connectivity index (χ0n) is 12.5. The van der Waals surface area contributed by atoms with Crippen molar-refractivity contribution < 1.29 is 0 Å². The van der Waals surface area contributed by atoms with Crippen molar-refractivity contribution in [1.82, 2.24) is 5.32 Å². The number of benzene rings is 1. The third-order valence-electron chi connectivity index (χ3n) is 2.98. The maximum Gasteiger partial charge on any atom is 0.0186 e. The lowest BCUT2D eigenvalue weighted by Crippen LogP contribution is -2.32. The molecule has 1 rings (SSSR count). The van der Waals surface area contributed by atoms with Crippen LogP contribution in [0.15, 0.2) is 33.6 Å². The van der Waals surface area contributed by atoms with Gasteiger partial charge in [0.1, 0.15) is 0 Å². The van der Waals surface area contributed by atoms with Crippen LogP contribution in [0.25, 0.3) is 0 Å². The molecule has 0 amide bonds. The van der Waals surface area contributed by atoms with Gasteiger partial charge in [0.25, 0.3) is 0 Å². The lowest BCUT2D eigenvalue weighted by Gasteiger charge is -2.23. The van der Waals surface area contributed by atoms with Gasteiger partial charge in [-0.15, -0.1) is 11.8 Å². The molecule has 1 N–H and O–H groups in total. The van der Waals surface area contributed by atoms with E-state index >= 15 is 0 Å². The first-order valence-corrected chi connectivity index (χ1v) is 8.80. The standard InChI is InChI=1S/C16H26BrNS/c1-5-18-14(9-10-16(2,3)4)12-19-15-8-6-7-13(17)11-15/h6-8,11,14,18H,5,9-10,12H2,1-4H3. The number of nitrogens with one attached hydrogen (secondary N) is 1. The molecular formula is C16H26BrNS. The monoisotopic (exact) mass is 343 g/mol. The lowest BCUT2D eigenvalue weighted by atomic mass is 9.89. The second kappa shape index (κ2) is 8.33. The van der Waals surface area contributed by atoms with E-state index in [0.717, 1.165) is 16.8 Å². The van der Waals surface area contributed by atoms with Gasteiger partial charge in [-0.3, -0.25) is 0 Å². The number of hydrogen-bond donors (Lipinski definition) is 1. The Morgan fingerprint density at radius 1 is 1.32 bits per heavy atom. The fourth-order valence-electron chi connectivity index (χ4n) is 1.89. The first-order valence-electron chi connectivity index (χ1n) is 7.02. The van der Waals surface area contributed by atoms with Crippen LogP contribution in [0.1, 0.15) is 40.5 Å². The number of rotatable bonds is 7. The summed E-state index contributed by atoms with van der Waals surface area (Å²) >= 11 is 5.47. The van der Waals surface area contributed by atoms with Gasteiger partial charge in [-0.1, -0.05) is 49.7 Å². The molecular weight excluding hydrogens is 318 g/mol. The molecule has 0 spiro atoms. The molecule has 1 aromatic carbocycles. The Labute approximate surface area is 131 Å². The van der Waals surface area contributed by atoms with Crippen LogP contribution >= 0.6 is 27.7 Å². The van der Waals surface area contributed by atoms with Crippen LogP contribution in [-0.4, -0.2) is 18.3 Å².